The molecule has 0 saturated carbocycles. The van der Waals surface area contributed by atoms with Gasteiger partial charge in [0.2, 0.25) is 5.95 Å². The van der Waals surface area contributed by atoms with Crippen molar-refractivity contribution in [2.45, 2.75) is 0 Å². The molecule has 1 fully saturated rings. The molecule has 0 radical (unpaired) electrons. The number of aromatic amines is 1. The van der Waals surface area contributed by atoms with E-state index in [0.29, 0.717) is 31.2 Å². The Balaban J connectivity index is 1.94. The van der Waals surface area contributed by atoms with E-state index in [1.165, 1.54) is 0 Å². The van der Waals surface area contributed by atoms with Crippen LogP contribution in [0.25, 0.3) is 11.4 Å². The molecule has 106 valence electrons. The summed E-state index contributed by atoms with van der Waals surface area (Å²) in [4.78, 5) is 5.98. The van der Waals surface area contributed by atoms with Crippen molar-refractivity contribution >= 4 is 5.95 Å². The minimum atomic E-state index is -1.01. The number of rotatable bonds is 2. The maximum Gasteiger partial charge on any atom is 0.245 e. The monoisotopic (exact) mass is 283 g/mol. The molecule has 1 aromatic carbocycles. The molecular formula is C12H12F3N5. The first-order valence-electron chi connectivity index (χ1n) is 6.18. The van der Waals surface area contributed by atoms with Crippen LogP contribution in [0.4, 0.5) is 19.1 Å². The van der Waals surface area contributed by atoms with Crippen molar-refractivity contribution in [2.75, 3.05) is 31.1 Å². The van der Waals surface area contributed by atoms with E-state index in [4.69, 9.17) is 0 Å². The van der Waals surface area contributed by atoms with Crippen molar-refractivity contribution < 1.29 is 13.2 Å². The van der Waals surface area contributed by atoms with Crippen LogP contribution in [-0.4, -0.2) is 41.4 Å². The first-order valence-corrected chi connectivity index (χ1v) is 6.18. The summed E-state index contributed by atoms with van der Waals surface area (Å²) in [6, 6.07) is 1.23. The van der Waals surface area contributed by atoms with E-state index < -0.39 is 23.0 Å². The molecule has 0 amide bonds. The Bertz CT molecular complexity index is 598. The Hall–Kier alpha value is -2.09. The van der Waals surface area contributed by atoms with Gasteiger partial charge in [0.1, 0.15) is 17.5 Å². The number of halogens is 3. The average molecular weight is 283 g/mol. The molecule has 3 rings (SSSR count). The zero-order chi connectivity index (χ0) is 14.1. The van der Waals surface area contributed by atoms with Gasteiger partial charge in [-0.05, 0) is 0 Å². The van der Waals surface area contributed by atoms with Gasteiger partial charge in [-0.1, -0.05) is 0 Å². The van der Waals surface area contributed by atoms with E-state index >= 15 is 0 Å². The van der Waals surface area contributed by atoms with Crippen LogP contribution in [-0.2, 0) is 0 Å². The van der Waals surface area contributed by atoms with E-state index in [9.17, 15) is 13.2 Å². The maximum atomic E-state index is 13.7. The van der Waals surface area contributed by atoms with Crippen LogP contribution in [0.2, 0.25) is 0 Å². The van der Waals surface area contributed by atoms with Gasteiger partial charge in [0.15, 0.2) is 5.82 Å². The number of nitrogens with one attached hydrogen (secondary N) is 2. The largest absolute Gasteiger partial charge is 0.337 e. The summed E-state index contributed by atoms with van der Waals surface area (Å²) in [5, 5.41) is 9.63. The lowest BCUT2D eigenvalue weighted by Gasteiger charge is -2.25. The fraction of sp³-hybridized carbons (Fsp3) is 0.333. The Labute approximate surface area is 112 Å². The lowest BCUT2D eigenvalue weighted by atomic mass is 10.2. The van der Waals surface area contributed by atoms with Gasteiger partial charge in [0.25, 0.3) is 0 Å². The minimum Gasteiger partial charge on any atom is -0.337 e. The number of nitrogens with zero attached hydrogens (tertiary/aromatic N) is 3. The van der Waals surface area contributed by atoms with Gasteiger partial charge in [-0.15, -0.1) is 5.10 Å². The summed E-state index contributed by atoms with van der Waals surface area (Å²) >= 11 is 0. The third kappa shape index (κ3) is 2.34. The van der Waals surface area contributed by atoms with Crippen molar-refractivity contribution in [3.8, 4) is 11.4 Å². The second-order valence-electron chi connectivity index (χ2n) is 4.47. The highest BCUT2D eigenvalue weighted by Crippen LogP contribution is 2.25. The summed E-state index contributed by atoms with van der Waals surface area (Å²) in [6.45, 7) is 3.02. The third-order valence-corrected chi connectivity index (χ3v) is 3.12. The number of benzene rings is 1. The van der Waals surface area contributed by atoms with Crippen molar-refractivity contribution in [1.29, 1.82) is 0 Å². The number of piperazine rings is 1. The highest BCUT2D eigenvalue weighted by atomic mass is 19.1. The Morgan fingerprint density at radius 3 is 2.35 bits per heavy atom. The first-order chi connectivity index (χ1) is 9.65. The molecule has 2 heterocycles. The van der Waals surface area contributed by atoms with Crippen molar-refractivity contribution in [2.24, 2.45) is 0 Å². The maximum absolute atomic E-state index is 13.7. The van der Waals surface area contributed by atoms with E-state index in [1.54, 1.807) is 0 Å². The van der Waals surface area contributed by atoms with Crippen LogP contribution in [0.1, 0.15) is 0 Å². The summed E-state index contributed by atoms with van der Waals surface area (Å²) < 4.78 is 40.2. The fourth-order valence-corrected chi connectivity index (χ4v) is 2.14. The van der Waals surface area contributed by atoms with Gasteiger partial charge in [-0.3, -0.25) is 5.10 Å². The van der Waals surface area contributed by atoms with E-state index in [-0.39, 0.29) is 5.82 Å². The quantitative estimate of drug-likeness (QED) is 0.872. The summed E-state index contributed by atoms with van der Waals surface area (Å²) in [6.07, 6.45) is 0. The lowest BCUT2D eigenvalue weighted by molar-refractivity contribution is 0.546. The standard InChI is InChI=1S/C12H12F3N5/c13-7-5-8(14)10(9(15)6-7)11-17-12(19-18-11)20-3-1-16-2-4-20/h5-6,16H,1-4H2,(H,17,18,19). The summed E-state index contributed by atoms with van der Waals surface area (Å²) in [7, 11) is 0. The highest BCUT2D eigenvalue weighted by Gasteiger charge is 2.20. The molecule has 2 N–H and O–H groups in total. The van der Waals surface area contributed by atoms with Crippen molar-refractivity contribution in [3.63, 3.8) is 0 Å². The molecule has 1 aliphatic heterocycles. The molecule has 1 aliphatic rings. The predicted octanol–water partition coefficient (Wildman–Crippen LogP) is 1.30. The molecular weight excluding hydrogens is 271 g/mol. The number of H-pyrrole nitrogens is 1. The van der Waals surface area contributed by atoms with Gasteiger partial charge in [-0.25, -0.2) is 13.2 Å². The average Bonchev–Trinajstić information content (AvgIpc) is 2.88. The van der Waals surface area contributed by atoms with Crippen LogP contribution >= 0.6 is 0 Å². The van der Waals surface area contributed by atoms with E-state index in [2.05, 4.69) is 20.5 Å². The van der Waals surface area contributed by atoms with Gasteiger partial charge in [0.05, 0.1) is 5.56 Å². The van der Waals surface area contributed by atoms with E-state index in [1.807, 2.05) is 4.90 Å². The minimum absolute atomic E-state index is 0.0477. The lowest BCUT2D eigenvalue weighted by Crippen LogP contribution is -2.44. The topological polar surface area (TPSA) is 56.8 Å². The number of anilines is 1. The highest BCUT2D eigenvalue weighted by molar-refractivity contribution is 5.58. The molecule has 0 spiro atoms. The Kier molecular flexibility index (Phi) is 3.31. The van der Waals surface area contributed by atoms with Crippen LogP contribution in [0.15, 0.2) is 12.1 Å². The zero-order valence-electron chi connectivity index (χ0n) is 10.5. The Morgan fingerprint density at radius 1 is 1.05 bits per heavy atom. The second-order valence-corrected chi connectivity index (χ2v) is 4.47. The van der Waals surface area contributed by atoms with Gasteiger partial charge in [-0.2, -0.15) is 4.98 Å². The van der Waals surface area contributed by atoms with Gasteiger partial charge in [0, 0.05) is 38.3 Å². The number of hydrogen-bond acceptors (Lipinski definition) is 4. The number of hydrogen-bond donors (Lipinski definition) is 2. The van der Waals surface area contributed by atoms with Gasteiger partial charge >= 0.3 is 0 Å². The molecule has 20 heavy (non-hydrogen) atoms. The van der Waals surface area contributed by atoms with Crippen LogP contribution in [0.5, 0.6) is 0 Å². The zero-order valence-corrected chi connectivity index (χ0v) is 10.5. The van der Waals surface area contributed by atoms with Crippen LogP contribution in [0, 0.1) is 17.5 Å². The van der Waals surface area contributed by atoms with Crippen LogP contribution < -0.4 is 10.2 Å². The fourth-order valence-electron chi connectivity index (χ4n) is 2.14. The SMILES string of the molecule is Fc1cc(F)c(-c2nc(N3CCNCC3)n[nH]2)c(F)c1. The first kappa shape index (κ1) is 12.9. The predicted molar refractivity (Wildman–Crippen MR) is 66.8 cm³/mol. The molecule has 0 bridgehead atoms. The van der Waals surface area contributed by atoms with Crippen LogP contribution in [0.3, 0.4) is 0 Å². The molecule has 0 atom stereocenters. The smallest absolute Gasteiger partial charge is 0.245 e. The molecule has 5 nitrogen and oxygen atoms in total. The summed E-state index contributed by atoms with van der Waals surface area (Å²) in [5.41, 5.74) is -0.403. The van der Waals surface area contributed by atoms with E-state index in [0.717, 1.165) is 13.1 Å². The Morgan fingerprint density at radius 2 is 1.70 bits per heavy atom. The number of aromatic nitrogens is 3. The van der Waals surface area contributed by atoms with Crippen molar-refractivity contribution in [1.82, 2.24) is 20.5 Å². The molecule has 2 aromatic rings. The normalized spacial score (nSPS) is 15.7. The third-order valence-electron chi connectivity index (χ3n) is 3.12. The van der Waals surface area contributed by atoms with Gasteiger partial charge < -0.3 is 10.2 Å². The molecule has 1 aromatic heterocycles. The molecule has 0 aliphatic carbocycles. The second kappa shape index (κ2) is 5.12. The van der Waals surface area contributed by atoms with Crippen molar-refractivity contribution in [3.05, 3.63) is 29.6 Å². The summed E-state index contributed by atoms with van der Waals surface area (Å²) in [5.74, 6) is -2.65. The molecule has 8 heteroatoms. The molecule has 0 unspecified atom stereocenters. The molecule has 1 saturated heterocycles.